The summed E-state index contributed by atoms with van der Waals surface area (Å²) in [5, 5.41) is 2.98. The minimum atomic E-state index is -0.00345. The number of nitrogens with one attached hydrogen (secondary N) is 1. The zero-order valence-corrected chi connectivity index (χ0v) is 12.2. The molecule has 3 heteroatoms. The van der Waals surface area contributed by atoms with Crippen molar-refractivity contribution in [1.82, 2.24) is 0 Å². The van der Waals surface area contributed by atoms with Crippen molar-refractivity contribution in [2.45, 2.75) is 19.3 Å². The van der Waals surface area contributed by atoms with Crippen LogP contribution in [0.3, 0.4) is 0 Å². The van der Waals surface area contributed by atoms with Gasteiger partial charge < -0.3 is 5.32 Å². The summed E-state index contributed by atoms with van der Waals surface area (Å²) in [6.45, 7) is 2.03. The molecule has 1 unspecified atom stereocenters. The van der Waals surface area contributed by atoms with E-state index in [1.165, 1.54) is 5.56 Å². The summed E-state index contributed by atoms with van der Waals surface area (Å²) in [6.07, 6.45) is 0.842. The lowest BCUT2D eigenvalue weighted by atomic mass is 9.77. The van der Waals surface area contributed by atoms with Gasteiger partial charge in [-0.3, -0.25) is 4.79 Å². The fraction of sp³-hybridized carbons (Fsp3) is 0.188. The molecule has 2 aromatic rings. The molecule has 0 aliphatic heterocycles. The second-order valence-corrected chi connectivity index (χ2v) is 5.76. The van der Waals surface area contributed by atoms with E-state index in [4.69, 9.17) is 0 Å². The van der Waals surface area contributed by atoms with Gasteiger partial charge in [-0.15, -0.1) is 0 Å². The maximum Gasteiger partial charge on any atom is 0.232 e. The quantitative estimate of drug-likeness (QED) is 0.890. The van der Waals surface area contributed by atoms with Gasteiger partial charge in [-0.1, -0.05) is 46.3 Å². The molecule has 0 bridgehead atoms. The fourth-order valence-corrected chi connectivity index (χ4v) is 2.77. The summed E-state index contributed by atoms with van der Waals surface area (Å²) in [5.74, 6) is 0.0748. The Morgan fingerprint density at radius 3 is 2.79 bits per heavy atom. The topological polar surface area (TPSA) is 29.1 Å². The average Bonchev–Trinajstić information content (AvgIpc) is 2.35. The van der Waals surface area contributed by atoms with Crippen LogP contribution in [0.25, 0.3) is 0 Å². The molecule has 1 amide bonds. The van der Waals surface area contributed by atoms with Crippen LogP contribution >= 0.6 is 15.9 Å². The van der Waals surface area contributed by atoms with E-state index in [9.17, 15) is 4.79 Å². The van der Waals surface area contributed by atoms with Gasteiger partial charge in [-0.2, -0.15) is 0 Å². The maximum atomic E-state index is 12.2. The van der Waals surface area contributed by atoms with Crippen molar-refractivity contribution in [2.24, 2.45) is 0 Å². The van der Waals surface area contributed by atoms with E-state index in [0.717, 1.165) is 27.7 Å². The van der Waals surface area contributed by atoms with Crippen molar-refractivity contribution in [1.29, 1.82) is 0 Å². The number of anilines is 1. The molecule has 1 N–H and O–H groups in total. The Labute approximate surface area is 121 Å². The number of hydrogen-bond donors (Lipinski definition) is 1. The molecule has 2 aromatic carbocycles. The van der Waals surface area contributed by atoms with Crippen molar-refractivity contribution in [3.8, 4) is 0 Å². The molecule has 0 radical (unpaired) electrons. The van der Waals surface area contributed by atoms with E-state index >= 15 is 0 Å². The molecule has 0 saturated heterocycles. The van der Waals surface area contributed by atoms with E-state index < -0.39 is 0 Å². The first-order valence-corrected chi connectivity index (χ1v) is 7.09. The highest BCUT2D eigenvalue weighted by atomic mass is 79.9. The highest BCUT2D eigenvalue weighted by Crippen LogP contribution is 2.35. The van der Waals surface area contributed by atoms with Crippen molar-refractivity contribution in [3.63, 3.8) is 0 Å². The number of rotatable bonds is 2. The second kappa shape index (κ2) is 4.82. The van der Waals surface area contributed by atoms with Crippen LogP contribution in [-0.2, 0) is 11.2 Å². The van der Waals surface area contributed by atoms with E-state index in [1.54, 1.807) is 0 Å². The molecular weight excluding hydrogens is 302 g/mol. The number of aryl methyl sites for hydroxylation is 1. The molecule has 3 rings (SSSR count). The Morgan fingerprint density at radius 2 is 2.05 bits per heavy atom. The van der Waals surface area contributed by atoms with Gasteiger partial charge in [0.1, 0.15) is 0 Å². The molecule has 96 valence electrons. The van der Waals surface area contributed by atoms with Gasteiger partial charge in [0.15, 0.2) is 0 Å². The first-order chi connectivity index (χ1) is 9.15. The molecule has 0 fully saturated rings. The van der Waals surface area contributed by atoms with Gasteiger partial charge in [0.2, 0.25) is 5.91 Å². The van der Waals surface area contributed by atoms with Crippen LogP contribution in [0.1, 0.15) is 22.6 Å². The first-order valence-electron chi connectivity index (χ1n) is 6.30. The van der Waals surface area contributed by atoms with Gasteiger partial charge in [0.05, 0.1) is 5.92 Å². The fourth-order valence-electron chi connectivity index (χ4n) is 2.39. The van der Waals surface area contributed by atoms with Crippen molar-refractivity contribution in [2.75, 3.05) is 5.32 Å². The summed E-state index contributed by atoms with van der Waals surface area (Å²) >= 11 is 3.48. The lowest BCUT2D eigenvalue weighted by Gasteiger charge is -2.28. The Hall–Kier alpha value is -1.61. The number of hydrogen-bond acceptors (Lipinski definition) is 1. The molecule has 0 saturated carbocycles. The predicted molar refractivity (Wildman–Crippen MR) is 80.4 cm³/mol. The standard InChI is InChI=1S/C16H14BrNO/c1-10-6-7-12(9-15(10)17)18-16(19)14-8-11-4-2-3-5-13(11)14/h2-7,9,14H,8H2,1H3,(H,18,19). The van der Waals surface area contributed by atoms with Crippen LogP contribution in [0.2, 0.25) is 0 Å². The van der Waals surface area contributed by atoms with Crippen LogP contribution in [0, 0.1) is 6.92 Å². The van der Waals surface area contributed by atoms with Gasteiger partial charge in [0, 0.05) is 10.2 Å². The third kappa shape index (κ3) is 2.30. The molecule has 1 aliphatic rings. The van der Waals surface area contributed by atoms with E-state index in [0.29, 0.717) is 0 Å². The maximum absolute atomic E-state index is 12.2. The second-order valence-electron chi connectivity index (χ2n) is 4.91. The Bertz CT molecular complexity index is 651. The van der Waals surface area contributed by atoms with Crippen molar-refractivity contribution in [3.05, 3.63) is 63.6 Å². The largest absolute Gasteiger partial charge is 0.326 e. The molecule has 1 aliphatic carbocycles. The summed E-state index contributed by atoms with van der Waals surface area (Å²) in [7, 11) is 0. The van der Waals surface area contributed by atoms with Gasteiger partial charge in [-0.05, 0) is 42.2 Å². The normalized spacial score (nSPS) is 16.4. The van der Waals surface area contributed by atoms with Crippen LogP contribution in [0.15, 0.2) is 46.9 Å². The molecule has 0 spiro atoms. The third-order valence-electron chi connectivity index (χ3n) is 3.61. The third-order valence-corrected chi connectivity index (χ3v) is 4.46. The zero-order valence-electron chi connectivity index (χ0n) is 10.6. The van der Waals surface area contributed by atoms with Crippen LogP contribution in [-0.4, -0.2) is 5.91 Å². The number of carbonyl (C=O) groups is 1. The van der Waals surface area contributed by atoms with Crippen molar-refractivity contribution < 1.29 is 4.79 Å². The molecule has 0 aromatic heterocycles. The summed E-state index contributed by atoms with van der Waals surface area (Å²) in [4.78, 5) is 12.2. The molecule has 1 atom stereocenters. The van der Waals surface area contributed by atoms with Crippen LogP contribution in [0.4, 0.5) is 5.69 Å². The van der Waals surface area contributed by atoms with Gasteiger partial charge in [-0.25, -0.2) is 0 Å². The molecule has 0 heterocycles. The number of halogens is 1. The van der Waals surface area contributed by atoms with Gasteiger partial charge in [0.25, 0.3) is 0 Å². The number of carbonyl (C=O) groups excluding carboxylic acids is 1. The Kier molecular flexibility index (Phi) is 3.15. The predicted octanol–water partition coefficient (Wildman–Crippen LogP) is 4.04. The lowest BCUT2D eigenvalue weighted by Crippen LogP contribution is -2.30. The average molecular weight is 316 g/mol. The number of amides is 1. The smallest absolute Gasteiger partial charge is 0.232 e. The number of benzene rings is 2. The Balaban J connectivity index is 1.75. The Morgan fingerprint density at radius 1 is 1.26 bits per heavy atom. The number of fused-ring (bicyclic) bond motifs is 1. The summed E-state index contributed by atoms with van der Waals surface area (Å²) in [6, 6.07) is 14.0. The minimum Gasteiger partial charge on any atom is -0.326 e. The monoisotopic (exact) mass is 315 g/mol. The van der Waals surface area contributed by atoms with Gasteiger partial charge >= 0.3 is 0 Å². The highest BCUT2D eigenvalue weighted by molar-refractivity contribution is 9.10. The first kappa shape index (κ1) is 12.4. The van der Waals surface area contributed by atoms with Crippen molar-refractivity contribution >= 4 is 27.5 Å². The van der Waals surface area contributed by atoms with Crippen LogP contribution < -0.4 is 5.32 Å². The highest BCUT2D eigenvalue weighted by Gasteiger charge is 2.31. The lowest BCUT2D eigenvalue weighted by molar-refractivity contribution is -0.118. The molecular formula is C16H14BrNO. The van der Waals surface area contributed by atoms with E-state index in [-0.39, 0.29) is 11.8 Å². The molecule has 2 nitrogen and oxygen atoms in total. The summed E-state index contributed by atoms with van der Waals surface area (Å²) < 4.78 is 1.01. The van der Waals surface area contributed by atoms with E-state index in [1.807, 2.05) is 43.3 Å². The zero-order chi connectivity index (χ0) is 13.4. The minimum absolute atomic E-state index is 0.00345. The summed E-state index contributed by atoms with van der Waals surface area (Å²) in [5.41, 5.74) is 4.44. The molecule has 19 heavy (non-hydrogen) atoms. The van der Waals surface area contributed by atoms with Crippen LogP contribution in [0.5, 0.6) is 0 Å². The SMILES string of the molecule is Cc1ccc(NC(=O)C2Cc3ccccc32)cc1Br. The van der Waals surface area contributed by atoms with E-state index in [2.05, 4.69) is 27.3 Å².